The van der Waals surface area contributed by atoms with Gasteiger partial charge >= 0.3 is 0 Å². The number of hydrogen-bond donors (Lipinski definition) is 1. The van der Waals surface area contributed by atoms with E-state index in [9.17, 15) is 15.2 Å². The van der Waals surface area contributed by atoms with Crippen molar-refractivity contribution in [2.45, 2.75) is 42.9 Å². The fourth-order valence-electron chi connectivity index (χ4n) is 8.49. The number of fused-ring (bicyclic) bond motifs is 2. The maximum absolute atomic E-state index is 13.6. The SMILES string of the molecule is O=C1CC2OCC=C3CN4CCC56c7cc(N=Cc8cccc(N([O-])O)c8)ccc7N1C5C2C3CC46. The van der Waals surface area contributed by atoms with Crippen LogP contribution in [-0.4, -0.2) is 60.1 Å². The van der Waals surface area contributed by atoms with Crippen LogP contribution in [0.15, 0.2) is 59.1 Å². The largest absolute Gasteiger partial charge is 0.733 e. The Morgan fingerprint density at radius 2 is 2.17 bits per heavy atom. The third-order valence-corrected chi connectivity index (χ3v) is 9.75. The van der Waals surface area contributed by atoms with Gasteiger partial charge in [0.2, 0.25) is 5.91 Å². The van der Waals surface area contributed by atoms with E-state index in [0.29, 0.717) is 30.9 Å². The smallest absolute Gasteiger partial charge is 0.229 e. The summed E-state index contributed by atoms with van der Waals surface area (Å²) in [4.78, 5) is 23.1. The molecule has 6 unspecified atom stereocenters. The van der Waals surface area contributed by atoms with Gasteiger partial charge in [-0.05, 0) is 66.8 Å². The molecule has 1 aliphatic carbocycles. The zero-order chi connectivity index (χ0) is 24.2. The molecule has 4 fully saturated rings. The van der Waals surface area contributed by atoms with E-state index in [2.05, 4.69) is 28.0 Å². The number of hydrogen-bond acceptors (Lipinski definition) is 7. The van der Waals surface area contributed by atoms with E-state index >= 15 is 0 Å². The van der Waals surface area contributed by atoms with Gasteiger partial charge in [0.25, 0.3) is 0 Å². The first kappa shape index (κ1) is 21.1. The van der Waals surface area contributed by atoms with Crippen molar-refractivity contribution in [1.82, 2.24) is 4.90 Å². The molecule has 1 N–H and O–H groups in total. The molecule has 5 aliphatic heterocycles. The molecule has 8 nitrogen and oxygen atoms in total. The third kappa shape index (κ3) is 2.62. The molecule has 2 aromatic carbocycles. The molecule has 36 heavy (non-hydrogen) atoms. The van der Waals surface area contributed by atoms with Gasteiger partial charge in [-0.3, -0.25) is 19.9 Å². The molecule has 1 amide bonds. The summed E-state index contributed by atoms with van der Waals surface area (Å²) in [6.07, 6.45) is 6.65. The number of aliphatic imine (C=N–C) groups is 1. The number of benzene rings is 2. The molecule has 6 aliphatic rings. The van der Waals surface area contributed by atoms with Crippen LogP contribution in [0, 0.1) is 17.0 Å². The van der Waals surface area contributed by atoms with Crippen LogP contribution in [0.2, 0.25) is 0 Å². The highest BCUT2D eigenvalue weighted by molar-refractivity contribution is 5.99. The highest BCUT2D eigenvalue weighted by Gasteiger charge is 2.71. The highest BCUT2D eigenvalue weighted by Crippen LogP contribution is 2.66. The summed E-state index contributed by atoms with van der Waals surface area (Å²) in [7, 11) is 0. The molecular weight excluding hydrogens is 456 g/mol. The Kier molecular flexibility index (Phi) is 4.25. The summed E-state index contributed by atoms with van der Waals surface area (Å²) in [6.45, 7) is 2.69. The predicted octanol–water partition coefficient (Wildman–Crippen LogP) is 3.54. The van der Waals surface area contributed by atoms with Crippen molar-refractivity contribution in [3.63, 3.8) is 0 Å². The number of ether oxygens (including phenoxy) is 1. The van der Waals surface area contributed by atoms with Gasteiger partial charge in [0.05, 0.1) is 36.5 Å². The Balaban J connectivity index is 1.24. The van der Waals surface area contributed by atoms with Gasteiger partial charge in [0.1, 0.15) is 0 Å². The molecule has 6 atom stereocenters. The second-order valence-electron chi connectivity index (χ2n) is 11.1. The number of nitrogens with zero attached hydrogens (tertiary/aromatic N) is 4. The van der Waals surface area contributed by atoms with Crippen LogP contribution in [0.3, 0.4) is 0 Å². The molecule has 1 saturated carbocycles. The topological polar surface area (TPSA) is 91.7 Å². The number of amides is 1. The van der Waals surface area contributed by atoms with Crippen molar-refractivity contribution in [2.75, 3.05) is 29.8 Å². The van der Waals surface area contributed by atoms with Gasteiger partial charge < -0.3 is 20.1 Å². The Hall–Kier alpha value is -3.04. The van der Waals surface area contributed by atoms with Crippen molar-refractivity contribution in [2.24, 2.45) is 16.8 Å². The van der Waals surface area contributed by atoms with E-state index in [1.165, 1.54) is 11.1 Å². The lowest BCUT2D eigenvalue weighted by atomic mass is 9.53. The van der Waals surface area contributed by atoms with Crippen molar-refractivity contribution in [1.29, 1.82) is 0 Å². The van der Waals surface area contributed by atoms with Gasteiger partial charge in [-0.15, -0.1) is 0 Å². The maximum atomic E-state index is 13.6. The first-order valence-corrected chi connectivity index (χ1v) is 12.9. The molecule has 8 rings (SSSR count). The Morgan fingerprint density at radius 1 is 1.25 bits per heavy atom. The van der Waals surface area contributed by atoms with Crippen LogP contribution in [0.1, 0.15) is 30.4 Å². The lowest BCUT2D eigenvalue weighted by Crippen LogP contribution is -2.69. The average Bonchev–Trinajstić information content (AvgIpc) is 3.35. The normalized spacial score (nSPS) is 35.6. The second kappa shape index (κ2) is 7.26. The summed E-state index contributed by atoms with van der Waals surface area (Å²) in [5, 5.41) is 20.3. The third-order valence-electron chi connectivity index (χ3n) is 9.75. The van der Waals surface area contributed by atoms with Crippen LogP contribution >= 0.6 is 0 Å². The number of carbonyl (C=O) groups is 1. The van der Waals surface area contributed by atoms with E-state index in [0.717, 1.165) is 42.9 Å². The summed E-state index contributed by atoms with van der Waals surface area (Å²) in [5.74, 6) is 1.01. The number of piperidine rings is 2. The summed E-state index contributed by atoms with van der Waals surface area (Å²) >= 11 is 0. The van der Waals surface area contributed by atoms with Gasteiger partial charge in [-0.25, -0.2) is 0 Å². The minimum absolute atomic E-state index is 0.00587. The number of carbonyl (C=O) groups excluding carboxylic acids is 1. The minimum atomic E-state index is -0.142. The quantitative estimate of drug-likeness (QED) is 0.408. The van der Waals surface area contributed by atoms with Gasteiger partial charge in [-0.2, -0.15) is 0 Å². The van der Waals surface area contributed by atoms with Crippen LogP contribution in [0.25, 0.3) is 0 Å². The van der Waals surface area contributed by atoms with E-state index in [4.69, 9.17) is 9.73 Å². The molecule has 184 valence electrons. The average molecular weight is 484 g/mol. The summed E-state index contributed by atoms with van der Waals surface area (Å²) in [6, 6.07) is 13.5. The lowest BCUT2D eigenvalue weighted by Gasteiger charge is -2.58. The van der Waals surface area contributed by atoms with Crippen molar-refractivity contribution in [3.05, 3.63) is 70.4 Å². The molecule has 3 saturated heterocycles. The lowest BCUT2D eigenvalue weighted by molar-refractivity contribution is -0.132. The van der Waals surface area contributed by atoms with E-state index in [-0.39, 0.29) is 34.4 Å². The van der Waals surface area contributed by atoms with Crippen molar-refractivity contribution in [3.8, 4) is 0 Å². The van der Waals surface area contributed by atoms with Crippen LogP contribution in [0.5, 0.6) is 0 Å². The van der Waals surface area contributed by atoms with E-state index < -0.39 is 0 Å². The zero-order valence-corrected chi connectivity index (χ0v) is 19.8. The standard InChI is InChI=1S/C28H27N4O4/c33-25-13-23-26-20-12-24-28(7-8-30(24)15-17(20)6-9-36-23)21-11-18(4-5-22(21)31(25)27(26)28)29-14-16-2-1-3-19(10-16)32(34)35/h1-6,10-11,14,20,23-24,26-27,34H,7-9,12-13,15H2/q-1. The molecule has 2 bridgehead atoms. The first-order chi connectivity index (χ1) is 17.5. The first-order valence-electron chi connectivity index (χ1n) is 12.9. The van der Waals surface area contributed by atoms with Crippen molar-refractivity contribution >= 4 is 29.2 Å². The molecule has 1 spiro atoms. The molecule has 8 heteroatoms. The zero-order valence-electron chi connectivity index (χ0n) is 19.8. The van der Waals surface area contributed by atoms with Crippen molar-refractivity contribution < 1.29 is 14.7 Å². The van der Waals surface area contributed by atoms with Crippen LogP contribution in [-0.2, 0) is 14.9 Å². The predicted molar refractivity (Wildman–Crippen MR) is 135 cm³/mol. The number of anilines is 2. The molecule has 2 aromatic rings. The highest BCUT2D eigenvalue weighted by atomic mass is 16.8. The summed E-state index contributed by atoms with van der Waals surface area (Å²) in [5.41, 5.74) is 5.46. The molecular formula is C28H27N4O4-. The van der Waals surface area contributed by atoms with Crippen LogP contribution < -0.4 is 10.1 Å². The Morgan fingerprint density at radius 3 is 3.06 bits per heavy atom. The maximum Gasteiger partial charge on any atom is 0.229 e. The minimum Gasteiger partial charge on any atom is -0.733 e. The van der Waals surface area contributed by atoms with Crippen LogP contribution in [0.4, 0.5) is 17.1 Å². The van der Waals surface area contributed by atoms with Gasteiger partial charge in [0.15, 0.2) is 0 Å². The molecule has 0 radical (unpaired) electrons. The Labute approximate surface area is 209 Å². The van der Waals surface area contributed by atoms with E-state index in [1.54, 1.807) is 24.4 Å². The van der Waals surface area contributed by atoms with Gasteiger partial charge in [0, 0.05) is 35.8 Å². The molecule has 5 heterocycles. The number of rotatable bonds is 3. The second-order valence-corrected chi connectivity index (χ2v) is 11.1. The fourth-order valence-corrected chi connectivity index (χ4v) is 8.49. The Bertz CT molecular complexity index is 1350. The summed E-state index contributed by atoms with van der Waals surface area (Å²) < 4.78 is 6.32. The molecule has 0 aromatic heterocycles. The van der Waals surface area contributed by atoms with Gasteiger partial charge in [-0.1, -0.05) is 23.8 Å². The van der Waals surface area contributed by atoms with E-state index in [1.807, 2.05) is 12.1 Å². The monoisotopic (exact) mass is 483 g/mol. The fraction of sp³-hybridized carbons (Fsp3) is 0.429.